The van der Waals surface area contributed by atoms with Crippen LogP contribution < -0.4 is 9.47 Å². The van der Waals surface area contributed by atoms with Gasteiger partial charge in [-0.25, -0.2) is 0 Å². The highest BCUT2D eigenvalue weighted by Gasteiger charge is 2.55. The SMILES string of the molecule is CCOc1cc(C=Nc2cccc3ccccc23)ccc1OC(=O)C12CC3CC(CC(C3)C1)C2. The maximum atomic E-state index is 13.4. The van der Waals surface area contributed by atoms with E-state index in [4.69, 9.17) is 14.5 Å². The van der Waals surface area contributed by atoms with Crippen molar-refractivity contribution in [1.82, 2.24) is 0 Å². The number of hydrogen-bond acceptors (Lipinski definition) is 4. The van der Waals surface area contributed by atoms with Crippen LogP contribution in [0, 0.1) is 23.2 Å². The Morgan fingerprint density at radius 3 is 2.38 bits per heavy atom. The number of carbonyl (C=O) groups is 1. The first-order valence-electron chi connectivity index (χ1n) is 12.6. The van der Waals surface area contributed by atoms with E-state index in [2.05, 4.69) is 18.2 Å². The monoisotopic (exact) mass is 453 g/mol. The lowest BCUT2D eigenvalue weighted by atomic mass is 9.49. The molecule has 4 aliphatic carbocycles. The molecule has 4 heteroatoms. The van der Waals surface area contributed by atoms with Crippen molar-refractivity contribution < 1.29 is 14.3 Å². The average Bonchev–Trinajstić information content (AvgIpc) is 2.83. The molecule has 4 aliphatic rings. The molecule has 34 heavy (non-hydrogen) atoms. The largest absolute Gasteiger partial charge is 0.490 e. The summed E-state index contributed by atoms with van der Waals surface area (Å²) in [5.41, 5.74) is 1.55. The van der Waals surface area contributed by atoms with E-state index in [0.29, 0.717) is 35.9 Å². The summed E-state index contributed by atoms with van der Waals surface area (Å²) in [7, 11) is 0. The Morgan fingerprint density at radius 1 is 0.941 bits per heavy atom. The third-order valence-electron chi connectivity index (χ3n) is 8.06. The smallest absolute Gasteiger partial charge is 0.317 e. The minimum atomic E-state index is -0.285. The summed E-state index contributed by atoms with van der Waals surface area (Å²) < 4.78 is 11.9. The van der Waals surface area contributed by atoms with E-state index in [1.165, 1.54) is 24.6 Å². The summed E-state index contributed by atoms with van der Waals surface area (Å²) in [5.74, 6) is 3.19. The highest BCUT2D eigenvalue weighted by atomic mass is 16.6. The van der Waals surface area contributed by atoms with Crippen molar-refractivity contribution in [3.63, 3.8) is 0 Å². The number of fused-ring (bicyclic) bond motifs is 1. The van der Waals surface area contributed by atoms with Crippen molar-refractivity contribution in [3.05, 3.63) is 66.2 Å². The van der Waals surface area contributed by atoms with E-state index in [1.54, 1.807) is 0 Å². The minimum Gasteiger partial charge on any atom is -0.490 e. The number of nitrogens with zero attached hydrogens (tertiary/aromatic N) is 1. The first-order valence-corrected chi connectivity index (χ1v) is 12.6. The lowest BCUT2D eigenvalue weighted by molar-refractivity contribution is -0.161. The van der Waals surface area contributed by atoms with E-state index in [0.717, 1.165) is 35.9 Å². The molecular formula is C30H31NO3. The molecule has 3 aromatic rings. The fourth-order valence-electron chi connectivity index (χ4n) is 6.99. The van der Waals surface area contributed by atoms with Gasteiger partial charge in [0.05, 0.1) is 17.7 Å². The topological polar surface area (TPSA) is 47.9 Å². The summed E-state index contributed by atoms with van der Waals surface area (Å²) in [5, 5.41) is 2.28. The van der Waals surface area contributed by atoms with Crippen molar-refractivity contribution >= 4 is 28.6 Å². The molecule has 4 fully saturated rings. The van der Waals surface area contributed by atoms with Gasteiger partial charge in [-0.15, -0.1) is 0 Å². The third kappa shape index (κ3) is 3.89. The van der Waals surface area contributed by atoms with Gasteiger partial charge in [-0.2, -0.15) is 0 Å². The molecule has 0 radical (unpaired) electrons. The number of benzene rings is 3. The summed E-state index contributed by atoms with van der Waals surface area (Å²) in [6.45, 7) is 2.45. The van der Waals surface area contributed by atoms with Gasteiger partial charge in [0.1, 0.15) is 0 Å². The standard InChI is InChI=1S/C30H31NO3/c1-2-33-28-15-20(19-31-26-9-5-7-24-6-3-4-8-25(24)26)10-11-27(28)34-29(32)30-16-21-12-22(17-30)14-23(13-21)18-30/h3-11,15,19,21-23H,2,12-14,16-18H2,1H3. The Hall–Kier alpha value is -3.14. The molecule has 0 heterocycles. The van der Waals surface area contributed by atoms with Crippen LogP contribution in [0.2, 0.25) is 0 Å². The zero-order chi connectivity index (χ0) is 23.1. The zero-order valence-corrected chi connectivity index (χ0v) is 19.7. The number of carbonyl (C=O) groups excluding carboxylic acids is 1. The number of rotatable bonds is 6. The zero-order valence-electron chi connectivity index (χ0n) is 19.7. The Morgan fingerprint density at radius 2 is 1.65 bits per heavy atom. The average molecular weight is 454 g/mol. The van der Waals surface area contributed by atoms with Gasteiger partial charge in [-0.05, 0) is 98.4 Å². The van der Waals surface area contributed by atoms with Gasteiger partial charge >= 0.3 is 5.97 Å². The van der Waals surface area contributed by atoms with E-state index in [-0.39, 0.29) is 11.4 Å². The normalized spacial score (nSPS) is 27.4. The molecule has 4 nitrogen and oxygen atoms in total. The fourth-order valence-corrected chi connectivity index (χ4v) is 6.99. The maximum absolute atomic E-state index is 13.4. The Labute approximate surface area is 201 Å². The molecule has 174 valence electrons. The second-order valence-corrected chi connectivity index (χ2v) is 10.5. The lowest BCUT2D eigenvalue weighted by Gasteiger charge is -2.55. The van der Waals surface area contributed by atoms with Crippen LogP contribution in [0.25, 0.3) is 10.8 Å². The van der Waals surface area contributed by atoms with Crippen LogP contribution in [0.15, 0.2) is 65.7 Å². The van der Waals surface area contributed by atoms with Crippen LogP contribution in [0.4, 0.5) is 5.69 Å². The molecule has 7 rings (SSSR count). The molecule has 0 spiro atoms. The Kier molecular flexibility index (Phi) is 5.40. The number of aliphatic imine (C=N–C) groups is 1. The van der Waals surface area contributed by atoms with Crippen LogP contribution in [-0.2, 0) is 4.79 Å². The van der Waals surface area contributed by atoms with Crippen molar-refractivity contribution in [2.24, 2.45) is 28.2 Å². The second kappa shape index (κ2) is 8.57. The molecule has 0 aromatic heterocycles. The van der Waals surface area contributed by atoms with Gasteiger partial charge in [0.2, 0.25) is 0 Å². The number of hydrogen-bond donors (Lipinski definition) is 0. The second-order valence-electron chi connectivity index (χ2n) is 10.5. The number of esters is 1. The Balaban J connectivity index is 1.24. The first-order chi connectivity index (χ1) is 16.6. The summed E-state index contributed by atoms with van der Waals surface area (Å²) >= 11 is 0. The molecule has 0 atom stereocenters. The highest BCUT2D eigenvalue weighted by molar-refractivity contribution is 5.95. The molecular weight excluding hydrogens is 422 g/mol. The van der Waals surface area contributed by atoms with Crippen molar-refractivity contribution in [2.75, 3.05) is 6.61 Å². The van der Waals surface area contributed by atoms with Gasteiger partial charge < -0.3 is 9.47 Å². The summed E-state index contributed by atoms with van der Waals surface area (Å²) in [4.78, 5) is 18.2. The van der Waals surface area contributed by atoms with Crippen LogP contribution in [0.3, 0.4) is 0 Å². The van der Waals surface area contributed by atoms with Gasteiger partial charge in [-0.3, -0.25) is 9.79 Å². The maximum Gasteiger partial charge on any atom is 0.317 e. The van der Waals surface area contributed by atoms with Crippen LogP contribution in [0.1, 0.15) is 51.0 Å². The third-order valence-corrected chi connectivity index (χ3v) is 8.06. The molecule has 4 saturated carbocycles. The summed E-state index contributed by atoms with van der Waals surface area (Å²) in [6.07, 6.45) is 8.76. The quantitative estimate of drug-likeness (QED) is 0.227. The lowest BCUT2D eigenvalue weighted by Crippen LogP contribution is -2.51. The van der Waals surface area contributed by atoms with Gasteiger partial charge in [0.15, 0.2) is 11.5 Å². The minimum absolute atomic E-state index is 0.0512. The number of ether oxygens (including phenoxy) is 2. The van der Waals surface area contributed by atoms with E-state index in [1.807, 2.05) is 55.6 Å². The molecule has 0 unspecified atom stereocenters. The molecule has 3 aromatic carbocycles. The van der Waals surface area contributed by atoms with Crippen LogP contribution in [-0.4, -0.2) is 18.8 Å². The predicted molar refractivity (Wildman–Crippen MR) is 135 cm³/mol. The predicted octanol–water partition coefficient (Wildman–Crippen LogP) is 7.11. The van der Waals surface area contributed by atoms with Crippen LogP contribution in [0.5, 0.6) is 11.5 Å². The molecule has 0 amide bonds. The fraction of sp³-hybridized carbons (Fsp3) is 0.400. The molecule has 0 saturated heterocycles. The highest BCUT2D eigenvalue weighted by Crippen LogP contribution is 2.60. The summed E-state index contributed by atoms with van der Waals surface area (Å²) in [6, 6.07) is 20.1. The molecule has 0 aliphatic heterocycles. The van der Waals surface area contributed by atoms with Gasteiger partial charge in [-0.1, -0.05) is 36.4 Å². The first kappa shape index (κ1) is 21.4. The van der Waals surface area contributed by atoms with Crippen LogP contribution >= 0.6 is 0 Å². The van der Waals surface area contributed by atoms with Crippen molar-refractivity contribution in [3.8, 4) is 11.5 Å². The van der Waals surface area contributed by atoms with Crippen molar-refractivity contribution in [2.45, 2.75) is 45.4 Å². The Bertz CT molecular complexity index is 1220. The van der Waals surface area contributed by atoms with E-state index in [9.17, 15) is 4.79 Å². The molecule has 0 N–H and O–H groups in total. The van der Waals surface area contributed by atoms with Gasteiger partial charge in [0, 0.05) is 11.6 Å². The molecule has 4 bridgehead atoms. The van der Waals surface area contributed by atoms with E-state index >= 15 is 0 Å². The van der Waals surface area contributed by atoms with E-state index < -0.39 is 0 Å². The van der Waals surface area contributed by atoms with Crippen molar-refractivity contribution in [1.29, 1.82) is 0 Å². The van der Waals surface area contributed by atoms with Gasteiger partial charge in [0.25, 0.3) is 0 Å².